The van der Waals surface area contributed by atoms with Crippen molar-refractivity contribution in [1.29, 1.82) is 0 Å². The minimum absolute atomic E-state index is 0.0546. The third-order valence-corrected chi connectivity index (χ3v) is 4.73. The van der Waals surface area contributed by atoms with Crippen molar-refractivity contribution in [1.82, 2.24) is 10.2 Å². The third kappa shape index (κ3) is 4.99. The van der Waals surface area contributed by atoms with Gasteiger partial charge in [0.05, 0.1) is 9.95 Å². The van der Waals surface area contributed by atoms with Crippen molar-refractivity contribution in [2.24, 2.45) is 0 Å². The second-order valence-corrected chi connectivity index (χ2v) is 6.88. The molecule has 1 saturated heterocycles. The van der Waals surface area contributed by atoms with Crippen LogP contribution in [0.3, 0.4) is 0 Å². The second-order valence-electron chi connectivity index (χ2n) is 6.48. The maximum atomic E-state index is 12.3. The van der Waals surface area contributed by atoms with Gasteiger partial charge in [-0.1, -0.05) is 11.6 Å². The number of nitrogens with one attached hydrogen (secondary N) is 1. The number of furan rings is 1. The topological polar surface area (TPSA) is 97.9 Å². The van der Waals surface area contributed by atoms with Gasteiger partial charge in [0.1, 0.15) is 18.1 Å². The zero-order chi connectivity index (χ0) is 19.4. The number of piperidine rings is 1. The van der Waals surface area contributed by atoms with E-state index in [1.807, 2.05) is 0 Å². The van der Waals surface area contributed by atoms with Crippen LogP contribution in [0.5, 0.6) is 5.75 Å². The molecular formula is C18H20ClN3O5. The van der Waals surface area contributed by atoms with Crippen LogP contribution in [-0.4, -0.2) is 41.9 Å². The highest BCUT2D eigenvalue weighted by molar-refractivity contribution is 6.32. The van der Waals surface area contributed by atoms with E-state index in [0.717, 1.165) is 25.9 Å². The number of benzene rings is 1. The molecule has 1 N–H and O–H groups in total. The Labute approximate surface area is 161 Å². The molecule has 3 rings (SSSR count). The van der Waals surface area contributed by atoms with Gasteiger partial charge < -0.3 is 19.4 Å². The predicted octanol–water partition coefficient (Wildman–Crippen LogP) is 3.24. The van der Waals surface area contributed by atoms with E-state index in [-0.39, 0.29) is 35.0 Å². The Kier molecular flexibility index (Phi) is 5.98. The van der Waals surface area contributed by atoms with E-state index < -0.39 is 4.92 Å². The summed E-state index contributed by atoms with van der Waals surface area (Å²) in [5.41, 5.74) is -0.113. The molecule has 0 spiro atoms. The summed E-state index contributed by atoms with van der Waals surface area (Å²) in [5.74, 6) is 0.737. The number of amides is 1. The fraction of sp³-hybridized carbons (Fsp3) is 0.389. The molecule has 0 aliphatic carbocycles. The van der Waals surface area contributed by atoms with E-state index >= 15 is 0 Å². The van der Waals surface area contributed by atoms with Gasteiger partial charge in [-0.25, -0.2) is 0 Å². The van der Waals surface area contributed by atoms with E-state index in [0.29, 0.717) is 11.5 Å². The first-order valence-corrected chi connectivity index (χ1v) is 8.95. The summed E-state index contributed by atoms with van der Waals surface area (Å²) in [6.07, 6.45) is 1.83. The molecule has 8 nitrogen and oxygen atoms in total. The first-order valence-electron chi connectivity index (χ1n) is 8.57. The number of non-ortho nitro benzene ring substituents is 1. The summed E-state index contributed by atoms with van der Waals surface area (Å²) in [6.45, 7) is 1.97. The number of rotatable bonds is 6. The Bertz CT molecular complexity index is 830. The van der Waals surface area contributed by atoms with Gasteiger partial charge in [0, 0.05) is 18.2 Å². The number of halogens is 1. The number of nitro groups is 1. The van der Waals surface area contributed by atoms with Crippen LogP contribution < -0.4 is 10.1 Å². The molecule has 0 bridgehead atoms. The minimum Gasteiger partial charge on any atom is -0.484 e. The van der Waals surface area contributed by atoms with Crippen LogP contribution in [0.15, 0.2) is 34.7 Å². The fourth-order valence-electron chi connectivity index (χ4n) is 2.86. The molecule has 1 aliphatic heterocycles. The molecule has 2 heterocycles. The van der Waals surface area contributed by atoms with E-state index in [2.05, 4.69) is 17.3 Å². The Morgan fingerprint density at radius 2 is 2.11 bits per heavy atom. The lowest BCUT2D eigenvalue weighted by Crippen LogP contribution is -2.43. The predicted molar refractivity (Wildman–Crippen MR) is 99.1 cm³/mol. The molecule has 144 valence electrons. The Balaban J connectivity index is 1.55. The van der Waals surface area contributed by atoms with Gasteiger partial charge in [0.25, 0.3) is 11.6 Å². The van der Waals surface area contributed by atoms with E-state index in [4.69, 9.17) is 20.8 Å². The van der Waals surface area contributed by atoms with Gasteiger partial charge in [-0.15, -0.1) is 0 Å². The normalized spacial score (nSPS) is 15.5. The number of likely N-dealkylation sites (tertiary alicyclic amines) is 1. The molecule has 9 heteroatoms. The summed E-state index contributed by atoms with van der Waals surface area (Å²) in [4.78, 5) is 24.7. The first kappa shape index (κ1) is 19.2. The summed E-state index contributed by atoms with van der Waals surface area (Å²) in [5, 5.41) is 13.8. The monoisotopic (exact) mass is 393 g/mol. The highest BCUT2D eigenvalue weighted by atomic mass is 35.5. The number of hydrogen-bond acceptors (Lipinski definition) is 6. The quantitative estimate of drug-likeness (QED) is 0.597. The van der Waals surface area contributed by atoms with Gasteiger partial charge in [0.15, 0.2) is 5.76 Å². The average Bonchev–Trinajstić information content (AvgIpc) is 3.11. The van der Waals surface area contributed by atoms with Gasteiger partial charge in [-0.2, -0.15) is 0 Å². The molecule has 0 atom stereocenters. The SMILES string of the molecule is CN1CCC(NC(=O)c2ccc(COc3ccc([N+](=O)[O-])cc3Cl)o2)CC1. The number of nitro benzene ring substituents is 1. The summed E-state index contributed by atoms with van der Waals surface area (Å²) in [6, 6.07) is 7.36. The lowest BCUT2D eigenvalue weighted by molar-refractivity contribution is -0.384. The highest BCUT2D eigenvalue weighted by Crippen LogP contribution is 2.29. The Hall–Kier alpha value is -2.58. The van der Waals surface area contributed by atoms with Crippen LogP contribution in [-0.2, 0) is 6.61 Å². The molecule has 1 aromatic carbocycles. The van der Waals surface area contributed by atoms with E-state index in [1.165, 1.54) is 18.2 Å². The van der Waals surface area contributed by atoms with Gasteiger partial charge in [-0.05, 0) is 51.2 Å². The molecule has 2 aromatic rings. The molecule has 27 heavy (non-hydrogen) atoms. The standard InChI is InChI=1S/C18H20ClN3O5/c1-21-8-6-12(7-9-21)20-18(23)17-5-3-14(27-17)11-26-16-4-2-13(22(24)25)10-15(16)19/h2-5,10,12H,6-9,11H2,1H3,(H,20,23). The summed E-state index contributed by atoms with van der Waals surface area (Å²) >= 11 is 5.99. The van der Waals surface area contributed by atoms with E-state index in [1.54, 1.807) is 12.1 Å². The molecular weight excluding hydrogens is 374 g/mol. The smallest absolute Gasteiger partial charge is 0.287 e. The summed E-state index contributed by atoms with van der Waals surface area (Å²) < 4.78 is 11.1. The van der Waals surface area contributed by atoms with Crippen molar-refractivity contribution in [2.75, 3.05) is 20.1 Å². The van der Waals surface area contributed by atoms with Crippen molar-refractivity contribution in [2.45, 2.75) is 25.5 Å². The second kappa shape index (κ2) is 8.41. The Morgan fingerprint density at radius 1 is 1.37 bits per heavy atom. The highest BCUT2D eigenvalue weighted by Gasteiger charge is 2.21. The zero-order valence-electron chi connectivity index (χ0n) is 14.8. The number of carbonyl (C=O) groups is 1. The van der Waals surface area contributed by atoms with Gasteiger partial charge in [0.2, 0.25) is 0 Å². The lowest BCUT2D eigenvalue weighted by atomic mass is 10.1. The number of nitrogens with zero attached hydrogens (tertiary/aromatic N) is 2. The van der Waals surface area contributed by atoms with Crippen LogP contribution in [0.25, 0.3) is 0 Å². The lowest BCUT2D eigenvalue weighted by Gasteiger charge is -2.29. The molecule has 1 fully saturated rings. The van der Waals surface area contributed by atoms with E-state index in [9.17, 15) is 14.9 Å². The fourth-order valence-corrected chi connectivity index (χ4v) is 3.09. The van der Waals surface area contributed by atoms with Crippen LogP contribution in [0, 0.1) is 10.1 Å². The molecule has 0 radical (unpaired) electrons. The van der Waals surface area contributed by atoms with Gasteiger partial charge >= 0.3 is 0 Å². The van der Waals surface area contributed by atoms with Crippen molar-refractivity contribution < 1.29 is 18.9 Å². The van der Waals surface area contributed by atoms with Crippen molar-refractivity contribution in [3.63, 3.8) is 0 Å². The Morgan fingerprint density at radius 3 is 2.78 bits per heavy atom. The number of ether oxygens (including phenoxy) is 1. The maximum absolute atomic E-state index is 12.3. The average molecular weight is 394 g/mol. The molecule has 1 aromatic heterocycles. The van der Waals surface area contributed by atoms with Gasteiger partial charge in [-0.3, -0.25) is 14.9 Å². The van der Waals surface area contributed by atoms with Crippen LogP contribution >= 0.6 is 11.6 Å². The van der Waals surface area contributed by atoms with Crippen molar-refractivity contribution in [3.05, 3.63) is 57.0 Å². The number of hydrogen-bond donors (Lipinski definition) is 1. The minimum atomic E-state index is -0.530. The maximum Gasteiger partial charge on any atom is 0.287 e. The zero-order valence-corrected chi connectivity index (χ0v) is 15.6. The molecule has 0 saturated carbocycles. The molecule has 0 unspecified atom stereocenters. The van der Waals surface area contributed by atoms with Crippen molar-refractivity contribution >= 4 is 23.2 Å². The molecule has 1 amide bonds. The molecule has 1 aliphatic rings. The largest absolute Gasteiger partial charge is 0.484 e. The first-order chi connectivity index (χ1) is 12.9. The number of carbonyl (C=O) groups excluding carboxylic acids is 1. The van der Waals surface area contributed by atoms with Crippen LogP contribution in [0.1, 0.15) is 29.2 Å². The van der Waals surface area contributed by atoms with Crippen LogP contribution in [0.4, 0.5) is 5.69 Å². The summed E-state index contributed by atoms with van der Waals surface area (Å²) in [7, 11) is 2.06. The van der Waals surface area contributed by atoms with Crippen LogP contribution in [0.2, 0.25) is 5.02 Å². The van der Waals surface area contributed by atoms with Crippen molar-refractivity contribution in [3.8, 4) is 5.75 Å². The third-order valence-electron chi connectivity index (χ3n) is 4.44.